The first-order valence-corrected chi connectivity index (χ1v) is 13.0. The van der Waals surface area contributed by atoms with Gasteiger partial charge in [-0.1, -0.05) is 26.6 Å². The molecule has 0 aliphatic heterocycles. The van der Waals surface area contributed by atoms with Gasteiger partial charge >= 0.3 is 5.97 Å². The Hall–Kier alpha value is -1.20. The van der Waals surface area contributed by atoms with Crippen molar-refractivity contribution in [1.29, 1.82) is 0 Å². The molecule has 2 aromatic heterocycles. The molecular formula is C18H25NO2SSi. The Morgan fingerprint density at radius 1 is 1.35 bits per heavy atom. The molecule has 0 aromatic carbocycles. The summed E-state index contributed by atoms with van der Waals surface area (Å²) >= 11 is 1.48. The largest absolute Gasteiger partial charge is 0.462 e. The van der Waals surface area contributed by atoms with E-state index in [1.165, 1.54) is 29.7 Å². The number of pyridine rings is 1. The highest BCUT2D eigenvalue weighted by Gasteiger charge is 2.27. The highest BCUT2D eigenvalue weighted by Crippen LogP contribution is 2.44. The van der Waals surface area contributed by atoms with Crippen molar-refractivity contribution in [3.05, 3.63) is 28.3 Å². The summed E-state index contributed by atoms with van der Waals surface area (Å²) in [6, 6.07) is 5.24. The van der Waals surface area contributed by atoms with Crippen LogP contribution in [0.15, 0.2) is 12.1 Å². The third kappa shape index (κ3) is 4.01. The van der Waals surface area contributed by atoms with Crippen molar-refractivity contribution in [1.82, 2.24) is 4.98 Å². The van der Waals surface area contributed by atoms with E-state index in [0.29, 0.717) is 17.4 Å². The van der Waals surface area contributed by atoms with Crippen molar-refractivity contribution >= 4 is 35.6 Å². The number of hydrogen-bond acceptors (Lipinski definition) is 4. The number of nitrogens with zero attached hydrogens (tertiary/aromatic N) is 1. The predicted molar refractivity (Wildman–Crippen MR) is 99.4 cm³/mol. The van der Waals surface area contributed by atoms with Crippen LogP contribution in [0.2, 0.25) is 25.7 Å². The summed E-state index contributed by atoms with van der Waals surface area (Å²) in [6.45, 7) is 9.53. The van der Waals surface area contributed by atoms with Gasteiger partial charge < -0.3 is 4.74 Å². The SMILES string of the molecule is CCc1cc(C2CC2)c2cc(C(=O)OCC[Si](C)(C)C)sc2n1. The zero-order valence-corrected chi connectivity index (χ0v) is 16.3. The van der Waals surface area contributed by atoms with Gasteiger partial charge in [-0.15, -0.1) is 11.3 Å². The maximum atomic E-state index is 12.3. The molecule has 1 aliphatic carbocycles. The fourth-order valence-corrected chi connectivity index (χ4v) is 4.32. The molecule has 0 N–H and O–H groups in total. The third-order valence-corrected chi connectivity index (χ3v) is 6.97. The zero-order chi connectivity index (χ0) is 16.6. The van der Waals surface area contributed by atoms with Gasteiger partial charge in [0.25, 0.3) is 0 Å². The molecule has 23 heavy (non-hydrogen) atoms. The molecule has 0 bridgehead atoms. The summed E-state index contributed by atoms with van der Waals surface area (Å²) < 4.78 is 5.48. The van der Waals surface area contributed by atoms with Gasteiger partial charge in [0, 0.05) is 19.2 Å². The highest BCUT2D eigenvalue weighted by atomic mass is 32.1. The smallest absolute Gasteiger partial charge is 0.348 e. The number of fused-ring (bicyclic) bond motifs is 1. The Kier molecular flexibility index (Phi) is 4.60. The average molecular weight is 348 g/mol. The van der Waals surface area contributed by atoms with Crippen LogP contribution in [0.3, 0.4) is 0 Å². The number of thiophene rings is 1. The van der Waals surface area contributed by atoms with Crippen molar-refractivity contribution < 1.29 is 9.53 Å². The first-order chi connectivity index (χ1) is 10.9. The molecule has 0 saturated heterocycles. The van der Waals surface area contributed by atoms with Gasteiger partial charge in [0.1, 0.15) is 9.71 Å². The lowest BCUT2D eigenvalue weighted by Gasteiger charge is -2.14. The van der Waals surface area contributed by atoms with Crippen LogP contribution >= 0.6 is 11.3 Å². The van der Waals surface area contributed by atoms with Crippen LogP contribution in [0.25, 0.3) is 10.2 Å². The number of esters is 1. The number of aryl methyl sites for hydroxylation is 1. The number of carbonyl (C=O) groups excluding carboxylic acids is 1. The van der Waals surface area contributed by atoms with Gasteiger partial charge in [0.15, 0.2) is 0 Å². The fraction of sp³-hybridized carbons (Fsp3) is 0.556. The van der Waals surface area contributed by atoms with E-state index in [0.717, 1.165) is 28.4 Å². The summed E-state index contributed by atoms with van der Waals surface area (Å²) in [5, 5.41) is 1.16. The van der Waals surface area contributed by atoms with Crippen molar-refractivity contribution in [2.75, 3.05) is 6.61 Å². The average Bonchev–Trinajstić information content (AvgIpc) is 3.23. The van der Waals surface area contributed by atoms with Crippen LogP contribution in [0.1, 0.15) is 46.6 Å². The Bertz CT molecular complexity index is 728. The van der Waals surface area contributed by atoms with Crippen LogP contribution < -0.4 is 0 Å². The molecule has 2 heterocycles. The van der Waals surface area contributed by atoms with Gasteiger partial charge in [0.2, 0.25) is 0 Å². The molecule has 124 valence electrons. The Balaban J connectivity index is 1.82. The second-order valence-corrected chi connectivity index (χ2v) is 14.3. The minimum Gasteiger partial charge on any atom is -0.462 e. The molecule has 2 aromatic rings. The standard InChI is InChI=1S/C18H25NO2SSi/c1-5-13-10-14(12-6-7-12)15-11-16(22-17(15)19-13)18(20)21-8-9-23(2,3)4/h10-12H,5-9H2,1-4H3. The van der Waals surface area contributed by atoms with Gasteiger partial charge in [-0.3, -0.25) is 0 Å². The minimum atomic E-state index is -1.17. The van der Waals surface area contributed by atoms with E-state index in [-0.39, 0.29) is 5.97 Å². The van der Waals surface area contributed by atoms with E-state index in [2.05, 4.69) is 32.6 Å². The lowest BCUT2D eigenvalue weighted by atomic mass is 10.1. The first-order valence-electron chi connectivity index (χ1n) is 8.48. The second-order valence-electron chi connectivity index (χ2n) is 7.61. The van der Waals surface area contributed by atoms with Gasteiger partial charge in [-0.05, 0) is 48.9 Å². The summed E-state index contributed by atoms with van der Waals surface area (Å²) in [6.07, 6.45) is 3.45. The Morgan fingerprint density at radius 2 is 2.09 bits per heavy atom. The van der Waals surface area contributed by atoms with E-state index in [9.17, 15) is 4.79 Å². The molecule has 0 atom stereocenters. The molecule has 3 nitrogen and oxygen atoms in total. The van der Waals surface area contributed by atoms with Crippen LogP contribution in [-0.4, -0.2) is 25.6 Å². The second kappa shape index (κ2) is 6.36. The normalized spacial score (nSPS) is 15.1. The maximum Gasteiger partial charge on any atom is 0.348 e. The maximum absolute atomic E-state index is 12.3. The molecule has 0 unspecified atom stereocenters. The van der Waals surface area contributed by atoms with Crippen molar-refractivity contribution in [2.24, 2.45) is 0 Å². The van der Waals surface area contributed by atoms with E-state index >= 15 is 0 Å². The predicted octanol–water partition coefficient (Wildman–Crippen LogP) is 5.23. The topological polar surface area (TPSA) is 39.2 Å². The molecule has 1 fully saturated rings. The number of hydrogen-bond donors (Lipinski definition) is 0. The lowest BCUT2D eigenvalue weighted by Crippen LogP contribution is -2.22. The number of ether oxygens (including phenoxy) is 1. The quantitative estimate of drug-likeness (QED) is 0.530. The Labute approximate surface area is 143 Å². The summed E-state index contributed by atoms with van der Waals surface area (Å²) in [5.74, 6) is 0.474. The van der Waals surface area contributed by atoms with Gasteiger partial charge in [-0.25, -0.2) is 9.78 Å². The van der Waals surface area contributed by atoms with E-state index < -0.39 is 8.07 Å². The van der Waals surface area contributed by atoms with E-state index in [4.69, 9.17) is 9.72 Å². The molecular weight excluding hydrogens is 322 g/mol. The van der Waals surface area contributed by atoms with Gasteiger partial charge in [0.05, 0.1) is 6.61 Å². The fourth-order valence-electron chi connectivity index (χ4n) is 2.63. The molecule has 0 spiro atoms. The van der Waals surface area contributed by atoms with Crippen molar-refractivity contribution in [3.63, 3.8) is 0 Å². The zero-order valence-electron chi connectivity index (χ0n) is 14.4. The van der Waals surface area contributed by atoms with E-state index in [1.807, 2.05) is 6.07 Å². The summed E-state index contributed by atoms with van der Waals surface area (Å²) in [5.41, 5.74) is 2.50. The van der Waals surface area contributed by atoms with Crippen LogP contribution in [0.4, 0.5) is 0 Å². The highest BCUT2D eigenvalue weighted by molar-refractivity contribution is 7.20. The van der Waals surface area contributed by atoms with Crippen LogP contribution in [0, 0.1) is 0 Å². The van der Waals surface area contributed by atoms with Crippen LogP contribution in [-0.2, 0) is 11.2 Å². The van der Waals surface area contributed by atoms with Crippen molar-refractivity contribution in [3.8, 4) is 0 Å². The molecule has 0 radical (unpaired) electrons. The molecule has 1 aliphatic rings. The molecule has 1 saturated carbocycles. The van der Waals surface area contributed by atoms with Crippen molar-refractivity contribution in [2.45, 2.75) is 57.8 Å². The molecule has 0 amide bonds. The Morgan fingerprint density at radius 3 is 2.70 bits per heavy atom. The number of carbonyl (C=O) groups is 1. The minimum absolute atomic E-state index is 0.189. The monoisotopic (exact) mass is 347 g/mol. The first kappa shape index (κ1) is 16.6. The van der Waals surface area contributed by atoms with E-state index in [1.54, 1.807) is 0 Å². The van der Waals surface area contributed by atoms with Gasteiger partial charge in [-0.2, -0.15) is 0 Å². The summed E-state index contributed by atoms with van der Waals surface area (Å²) in [7, 11) is -1.17. The number of aromatic nitrogens is 1. The number of rotatable bonds is 6. The molecule has 5 heteroatoms. The summed E-state index contributed by atoms with van der Waals surface area (Å²) in [4.78, 5) is 18.7. The third-order valence-electron chi connectivity index (χ3n) is 4.26. The lowest BCUT2D eigenvalue weighted by molar-refractivity contribution is 0.0531. The molecule has 3 rings (SSSR count). The van der Waals surface area contributed by atoms with Crippen LogP contribution in [0.5, 0.6) is 0 Å².